The fourth-order valence-electron chi connectivity index (χ4n) is 0.764. The van der Waals surface area contributed by atoms with Gasteiger partial charge in [-0.15, -0.1) is 0 Å². The van der Waals surface area contributed by atoms with Crippen molar-refractivity contribution < 1.29 is 8.78 Å². The van der Waals surface area contributed by atoms with Crippen molar-refractivity contribution in [3.8, 4) is 0 Å². The van der Waals surface area contributed by atoms with Crippen LogP contribution in [0.4, 0.5) is 14.5 Å². The van der Waals surface area contributed by atoms with Gasteiger partial charge in [0, 0.05) is 11.3 Å². The van der Waals surface area contributed by atoms with E-state index in [0.29, 0.717) is 5.69 Å². The summed E-state index contributed by atoms with van der Waals surface area (Å²) in [5, 5.41) is 0. The first kappa shape index (κ1) is 7.94. The molecule has 0 fully saturated rings. The number of hydrogen-bond donors (Lipinski definition) is 2. The number of halogens is 2. The Morgan fingerprint density at radius 1 is 1.36 bits per heavy atom. The SMILES string of the molecule is NNc1cccc(C(F)F)c1. The number of anilines is 1. The minimum Gasteiger partial charge on any atom is -0.324 e. The minimum atomic E-state index is -2.44. The summed E-state index contributed by atoms with van der Waals surface area (Å²) in [5.41, 5.74) is 2.75. The van der Waals surface area contributed by atoms with Crippen LogP contribution in [0.3, 0.4) is 0 Å². The number of nitrogens with one attached hydrogen (secondary N) is 1. The molecule has 0 amide bonds. The van der Waals surface area contributed by atoms with Gasteiger partial charge in [0.1, 0.15) is 0 Å². The summed E-state index contributed by atoms with van der Waals surface area (Å²) in [6.07, 6.45) is -2.44. The van der Waals surface area contributed by atoms with Crippen LogP contribution in [0.15, 0.2) is 24.3 Å². The molecule has 1 aromatic carbocycles. The van der Waals surface area contributed by atoms with E-state index in [2.05, 4.69) is 5.43 Å². The fourth-order valence-corrected chi connectivity index (χ4v) is 0.764. The van der Waals surface area contributed by atoms with Gasteiger partial charge in [-0.05, 0) is 12.1 Å². The first-order valence-corrected chi connectivity index (χ1v) is 3.09. The number of nitrogen functional groups attached to an aromatic ring is 1. The molecule has 0 bridgehead atoms. The van der Waals surface area contributed by atoms with Crippen LogP contribution in [0, 0.1) is 0 Å². The molecule has 1 aromatic rings. The lowest BCUT2D eigenvalue weighted by Crippen LogP contribution is -2.06. The van der Waals surface area contributed by atoms with Crippen molar-refractivity contribution in [2.45, 2.75) is 6.43 Å². The molecule has 0 heterocycles. The Labute approximate surface area is 63.0 Å². The molecule has 0 atom stereocenters. The summed E-state index contributed by atoms with van der Waals surface area (Å²) in [4.78, 5) is 0. The molecular formula is C7H8F2N2. The summed E-state index contributed by atoms with van der Waals surface area (Å²) < 4.78 is 24.0. The van der Waals surface area contributed by atoms with E-state index < -0.39 is 6.43 Å². The first-order chi connectivity index (χ1) is 5.24. The van der Waals surface area contributed by atoms with Gasteiger partial charge in [0.15, 0.2) is 0 Å². The van der Waals surface area contributed by atoms with Crippen LogP contribution in [-0.2, 0) is 0 Å². The Kier molecular flexibility index (Phi) is 2.38. The Morgan fingerprint density at radius 3 is 2.64 bits per heavy atom. The van der Waals surface area contributed by atoms with Crippen molar-refractivity contribution in [3.63, 3.8) is 0 Å². The van der Waals surface area contributed by atoms with E-state index in [1.807, 2.05) is 0 Å². The maximum absolute atomic E-state index is 12.0. The van der Waals surface area contributed by atoms with Crippen molar-refractivity contribution in [2.24, 2.45) is 5.84 Å². The molecule has 0 aromatic heterocycles. The number of rotatable bonds is 2. The number of alkyl halides is 2. The van der Waals surface area contributed by atoms with E-state index in [4.69, 9.17) is 5.84 Å². The monoisotopic (exact) mass is 158 g/mol. The Hall–Kier alpha value is -1.16. The highest BCUT2D eigenvalue weighted by molar-refractivity contribution is 5.44. The van der Waals surface area contributed by atoms with Gasteiger partial charge in [-0.1, -0.05) is 12.1 Å². The third kappa shape index (κ3) is 1.88. The predicted octanol–water partition coefficient (Wildman–Crippen LogP) is 1.91. The Bertz CT molecular complexity index is 238. The highest BCUT2D eigenvalue weighted by atomic mass is 19.3. The highest BCUT2D eigenvalue weighted by Gasteiger charge is 2.05. The lowest BCUT2D eigenvalue weighted by atomic mass is 10.2. The summed E-state index contributed by atoms with van der Waals surface area (Å²) in [6.45, 7) is 0. The molecule has 0 radical (unpaired) electrons. The largest absolute Gasteiger partial charge is 0.324 e. The van der Waals surface area contributed by atoms with Gasteiger partial charge in [-0.2, -0.15) is 0 Å². The van der Waals surface area contributed by atoms with E-state index in [0.717, 1.165) is 0 Å². The molecule has 0 saturated carbocycles. The van der Waals surface area contributed by atoms with Crippen LogP contribution in [0.1, 0.15) is 12.0 Å². The van der Waals surface area contributed by atoms with Crippen molar-refractivity contribution in [3.05, 3.63) is 29.8 Å². The van der Waals surface area contributed by atoms with Crippen LogP contribution in [0.25, 0.3) is 0 Å². The number of hydrogen-bond acceptors (Lipinski definition) is 2. The molecule has 2 nitrogen and oxygen atoms in total. The number of benzene rings is 1. The van der Waals surface area contributed by atoms with E-state index >= 15 is 0 Å². The normalized spacial score (nSPS) is 10.2. The zero-order valence-corrected chi connectivity index (χ0v) is 5.72. The van der Waals surface area contributed by atoms with Gasteiger partial charge < -0.3 is 5.43 Å². The highest BCUT2D eigenvalue weighted by Crippen LogP contribution is 2.20. The average molecular weight is 158 g/mol. The van der Waals surface area contributed by atoms with Crippen LogP contribution < -0.4 is 11.3 Å². The predicted molar refractivity (Wildman–Crippen MR) is 39.2 cm³/mol. The van der Waals surface area contributed by atoms with E-state index in [-0.39, 0.29) is 5.56 Å². The van der Waals surface area contributed by atoms with Gasteiger partial charge in [0.05, 0.1) is 0 Å². The molecule has 4 heteroatoms. The molecule has 0 aliphatic rings. The van der Waals surface area contributed by atoms with Gasteiger partial charge in [0.25, 0.3) is 6.43 Å². The average Bonchev–Trinajstić information content (AvgIpc) is 2.05. The maximum Gasteiger partial charge on any atom is 0.263 e. The van der Waals surface area contributed by atoms with Gasteiger partial charge in [-0.25, -0.2) is 8.78 Å². The molecule has 1 rings (SSSR count). The number of hydrazine groups is 1. The molecule has 0 aliphatic carbocycles. The molecule has 11 heavy (non-hydrogen) atoms. The second-order valence-electron chi connectivity index (χ2n) is 2.07. The van der Waals surface area contributed by atoms with Crippen molar-refractivity contribution in [1.29, 1.82) is 0 Å². The van der Waals surface area contributed by atoms with Gasteiger partial charge >= 0.3 is 0 Å². The lowest BCUT2D eigenvalue weighted by molar-refractivity contribution is 0.151. The van der Waals surface area contributed by atoms with E-state index in [1.165, 1.54) is 18.2 Å². The molecule has 0 spiro atoms. The topological polar surface area (TPSA) is 38.0 Å². The summed E-state index contributed by atoms with van der Waals surface area (Å²) in [6, 6.07) is 5.80. The van der Waals surface area contributed by atoms with Crippen LogP contribution in [0.5, 0.6) is 0 Å². The third-order valence-corrected chi connectivity index (χ3v) is 1.31. The Morgan fingerprint density at radius 2 is 2.09 bits per heavy atom. The molecular weight excluding hydrogens is 150 g/mol. The third-order valence-electron chi connectivity index (χ3n) is 1.31. The van der Waals surface area contributed by atoms with Crippen LogP contribution in [0.2, 0.25) is 0 Å². The summed E-state index contributed by atoms with van der Waals surface area (Å²) >= 11 is 0. The van der Waals surface area contributed by atoms with Gasteiger partial charge in [-0.3, -0.25) is 5.84 Å². The van der Waals surface area contributed by atoms with Crippen molar-refractivity contribution in [1.82, 2.24) is 0 Å². The Balaban J connectivity index is 2.91. The van der Waals surface area contributed by atoms with Crippen molar-refractivity contribution >= 4 is 5.69 Å². The molecule has 60 valence electrons. The first-order valence-electron chi connectivity index (χ1n) is 3.09. The summed E-state index contributed by atoms with van der Waals surface area (Å²) in [7, 11) is 0. The van der Waals surface area contributed by atoms with E-state index in [9.17, 15) is 8.78 Å². The lowest BCUT2D eigenvalue weighted by Gasteiger charge is -2.02. The maximum atomic E-state index is 12.0. The van der Waals surface area contributed by atoms with Crippen LogP contribution in [-0.4, -0.2) is 0 Å². The minimum absolute atomic E-state index is 0.0274. The second-order valence-corrected chi connectivity index (χ2v) is 2.07. The van der Waals surface area contributed by atoms with Crippen LogP contribution >= 0.6 is 0 Å². The van der Waals surface area contributed by atoms with Gasteiger partial charge in [0.2, 0.25) is 0 Å². The fraction of sp³-hybridized carbons (Fsp3) is 0.143. The molecule has 3 N–H and O–H groups in total. The molecule has 0 saturated heterocycles. The molecule has 0 aliphatic heterocycles. The standard InChI is InChI=1S/C7H8F2N2/c8-7(9)5-2-1-3-6(4-5)11-10/h1-4,7,11H,10H2. The van der Waals surface area contributed by atoms with Crippen molar-refractivity contribution in [2.75, 3.05) is 5.43 Å². The number of nitrogens with two attached hydrogens (primary N) is 1. The zero-order chi connectivity index (χ0) is 8.27. The van der Waals surface area contributed by atoms with E-state index in [1.54, 1.807) is 6.07 Å². The summed E-state index contributed by atoms with van der Waals surface area (Å²) in [5.74, 6) is 5.02. The second kappa shape index (κ2) is 3.30. The zero-order valence-electron chi connectivity index (χ0n) is 5.72. The molecule has 0 unspecified atom stereocenters. The quantitative estimate of drug-likeness (QED) is 0.509. The smallest absolute Gasteiger partial charge is 0.263 e.